The van der Waals surface area contributed by atoms with Crippen LogP contribution in [0.15, 0.2) is 42.7 Å². The second-order valence-corrected chi connectivity index (χ2v) is 5.06. The molecule has 116 valence electrons. The molecule has 0 saturated heterocycles. The van der Waals surface area contributed by atoms with E-state index in [1.54, 1.807) is 6.20 Å². The summed E-state index contributed by atoms with van der Waals surface area (Å²) in [6.07, 6.45) is 5.97. The average Bonchev–Trinajstić information content (AvgIpc) is 2.58. The molecule has 0 bridgehead atoms. The summed E-state index contributed by atoms with van der Waals surface area (Å²) in [5, 5.41) is 6.00. The number of amides is 1. The minimum Gasteiger partial charge on any atom is -0.369 e. The van der Waals surface area contributed by atoms with E-state index in [1.807, 2.05) is 18.2 Å². The number of nitrogens with zero attached hydrogens (tertiary/aromatic N) is 2. The van der Waals surface area contributed by atoms with Crippen LogP contribution in [0.1, 0.15) is 35.8 Å². The van der Waals surface area contributed by atoms with Gasteiger partial charge in [0.15, 0.2) is 0 Å². The molecule has 1 heterocycles. The number of aromatic nitrogens is 2. The van der Waals surface area contributed by atoms with Gasteiger partial charge in [-0.05, 0) is 24.8 Å². The van der Waals surface area contributed by atoms with Gasteiger partial charge in [-0.3, -0.25) is 4.79 Å². The molecule has 0 atom stereocenters. The van der Waals surface area contributed by atoms with Crippen LogP contribution in [-0.4, -0.2) is 29.0 Å². The first-order valence-electron chi connectivity index (χ1n) is 7.67. The van der Waals surface area contributed by atoms with Crippen LogP contribution in [-0.2, 0) is 6.42 Å². The van der Waals surface area contributed by atoms with E-state index >= 15 is 0 Å². The largest absolute Gasteiger partial charge is 0.369 e. The predicted octanol–water partition coefficient (Wildman–Crippen LogP) is 2.66. The molecule has 0 unspecified atom stereocenters. The molecule has 0 aliphatic heterocycles. The Morgan fingerprint density at radius 2 is 1.91 bits per heavy atom. The van der Waals surface area contributed by atoms with Crippen molar-refractivity contribution in [1.82, 2.24) is 15.3 Å². The van der Waals surface area contributed by atoms with E-state index < -0.39 is 0 Å². The van der Waals surface area contributed by atoms with E-state index in [4.69, 9.17) is 0 Å². The van der Waals surface area contributed by atoms with Crippen molar-refractivity contribution >= 4 is 11.7 Å². The SMILES string of the molecule is CCCNc1cnc(C(=O)NCCCc2ccccc2)cn1. The molecule has 2 aromatic rings. The Morgan fingerprint density at radius 1 is 1.09 bits per heavy atom. The third-order valence-corrected chi connectivity index (χ3v) is 3.21. The summed E-state index contributed by atoms with van der Waals surface area (Å²) < 4.78 is 0. The fraction of sp³-hybridized carbons (Fsp3) is 0.353. The minimum atomic E-state index is -0.178. The zero-order chi connectivity index (χ0) is 15.6. The Kier molecular flexibility index (Phi) is 6.36. The second kappa shape index (κ2) is 8.77. The number of carbonyl (C=O) groups excluding carboxylic acids is 1. The maximum Gasteiger partial charge on any atom is 0.271 e. The molecule has 0 spiro atoms. The Bertz CT molecular complexity index is 569. The number of aryl methyl sites for hydroxylation is 1. The fourth-order valence-electron chi connectivity index (χ4n) is 2.02. The van der Waals surface area contributed by atoms with Crippen LogP contribution in [0, 0.1) is 0 Å². The monoisotopic (exact) mass is 298 g/mol. The van der Waals surface area contributed by atoms with E-state index in [9.17, 15) is 4.79 Å². The van der Waals surface area contributed by atoms with Gasteiger partial charge in [-0.15, -0.1) is 0 Å². The maximum atomic E-state index is 11.9. The maximum absolute atomic E-state index is 11.9. The summed E-state index contributed by atoms with van der Waals surface area (Å²) in [5.41, 5.74) is 1.63. The van der Waals surface area contributed by atoms with Gasteiger partial charge >= 0.3 is 0 Å². The summed E-state index contributed by atoms with van der Waals surface area (Å²) in [7, 11) is 0. The number of nitrogens with one attached hydrogen (secondary N) is 2. The zero-order valence-electron chi connectivity index (χ0n) is 12.9. The molecule has 0 fully saturated rings. The average molecular weight is 298 g/mol. The molecule has 2 rings (SSSR count). The standard InChI is InChI=1S/C17H22N4O/c1-2-10-18-16-13-20-15(12-21-16)17(22)19-11-6-9-14-7-4-3-5-8-14/h3-5,7-8,12-13H,2,6,9-11H2,1H3,(H,18,21)(H,19,22). The molecular formula is C17H22N4O. The Hall–Kier alpha value is -2.43. The highest BCUT2D eigenvalue weighted by molar-refractivity contribution is 5.91. The topological polar surface area (TPSA) is 66.9 Å². The van der Waals surface area contributed by atoms with Crippen molar-refractivity contribution in [2.24, 2.45) is 0 Å². The highest BCUT2D eigenvalue weighted by Gasteiger charge is 2.07. The van der Waals surface area contributed by atoms with Crippen molar-refractivity contribution in [2.75, 3.05) is 18.4 Å². The third kappa shape index (κ3) is 5.16. The summed E-state index contributed by atoms with van der Waals surface area (Å²) in [5.74, 6) is 0.519. The third-order valence-electron chi connectivity index (χ3n) is 3.21. The fourth-order valence-corrected chi connectivity index (χ4v) is 2.02. The van der Waals surface area contributed by atoms with Gasteiger partial charge in [0.2, 0.25) is 0 Å². The van der Waals surface area contributed by atoms with Crippen LogP contribution in [0.25, 0.3) is 0 Å². The van der Waals surface area contributed by atoms with Crippen molar-refractivity contribution in [3.8, 4) is 0 Å². The second-order valence-electron chi connectivity index (χ2n) is 5.06. The summed E-state index contributed by atoms with van der Waals surface area (Å²) >= 11 is 0. The molecule has 0 aliphatic rings. The first-order chi connectivity index (χ1) is 10.8. The molecule has 1 amide bonds. The number of carbonyl (C=O) groups is 1. The van der Waals surface area contributed by atoms with E-state index in [0.29, 0.717) is 18.1 Å². The van der Waals surface area contributed by atoms with Gasteiger partial charge in [0, 0.05) is 13.1 Å². The lowest BCUT2D eigenvalue weighted by molar-refractivity contribution is 0.0948. The predicted molar refractivity (Wildman–Crippen MR) is 87.9 cm³/mol. The van der Waals surface area contributed by atoms with Crippen LogP contribution in [0.4, 0.5) is 5.82 Å². The lowest BCUT2D eigenvalue weighted by Crippen LogP contribution is -2.25. The first kappa shape index (κ1) is 15.9. The summed E-state index contributed by atoms with van der Waals surface area (Å²) in [4.78, 5) is 20.3. The van der Waals surface area contributed by atoms with Gasteiger partial charge in [0.25, 0.3) is 5.91 Å². The molecule has 5 nitrogen and oxygen atoms in total. The number of anilines is 1. The Morgan fingerprint density at radius 3 is 2.59 bits per heavy atom. The minimum absolute atomic E-state index is 0.178. The Labute approximate surface area is 131 Å². The molecule has 22 heavy (non-hydrogen) atoms. The van der Waals surface area contributed by atoms with Crippen LogP contribution in [0.3, 0.4) is 0 Å². The molecule has 2 N–H and O–H groups in total. The van der Waals surface area contributed by atoms with Crippen LogP contribution >= 0.6 is 0 Å². The normalized spacial score (nSPS) is 10.2. The summed E-state index contributed by atoms with van der Waals surface area (Å²) in [6.45, 7) is 3.56. The number of hydrogen-bond donors (Lipinski definition) is 2. The van der Waals surface area contributed by atoms with Crippen molar-refractivity contribution in [2.45, 2.75) is 26.2 Å². The van der Waals surface area contributed by atoms with Gasteiger partial charge in [-0.2, -0.15) is 0 Å². The summed E-state index contributed by atoms with van der Waals surface area (Å²) in [6, 6.07) is 10.2. The van der Waals surface area contributed by atoms with E-state index in [0.717, 1.165) is 25.8 Å². The Balaban J connectivity index is 1.72. The van der Waals surface area contributed by atoms with Gasteiger partial charge in [-0.1, -0.05) is 37.3 Å². The number of hydrogen-bond acceptors (Lipinski definition) is 4. The molecule has 1 aromatic carbocycles. The van der Waals surface area contributed by atoms with Gasteiger partial charge < -0.3 is 10.6 Å². The van der Waals surface area contributed by atoms with Gasteiger partial charge in [0.05, 0.1) is 12.4 Å². The quantitative estimate of drug-likeness (QED) is 0.735. The smallest absolute Gasteiger partial charge is 0.271 e. The number of rotatable bonds is 8. The van der Waals surface area contributed by atoms with Crippen molar-refractivity contribution < 1.29 is 4.79 Å². The van der Waals surface area contributed by atoms with Crippen molar-refractivity contribution in [3.05, 3.63) is 54.0 Å². The van der Waals surface area contributed by atoms with Crippen molar-refractivity contribution in [3.63, 3.8) is 0 Å². The molecule has 0 radical (unpaired) electrons. The van der Waals surface area contributed by atoms with Gasteiger partial charge in [0.1, 0.15) is 11.5 Å². The molecule has 1 aromatic heterocycles. The molecule has 5 heteroatoms. The van der Waals surface area contributed by atoms with E-state index in [-0.39, 0.29) is 5.91 Å². The van der Waals surface area contributed by atoms with E-state index in [1.165, 1.54) is 11.8 Å². The van der Waals surface area contributed by atoms with Crippen LogP contribution < -0.4 is 10.6 Å². The highest BCUT2D eigenvalue weighted by atomic mass is 16.1. The molecule has 0 aliphatic carbocycles. The molecular weight excluding hydrogens is 276 g/mol. The lowest BCUT2D eigenvalue weighted by atomic mass is 10.1. The van der Waals surface area contributed by atoms with Crippen LogP contribution in [0.2, 0.25) is 0 Å². The first-order valence-corrected chi connectivity index (χ1v) is 7.67. The van der Waals surface area contributed by atoms with E-state index in [2.05, 4.69) is 39.7 Å². The van der Waals surface area contributed by atoms with Gasteiger partial charge in [-0.25, -0.2) is 9.97 Å². The lowest BCUT2D eigenvalue weighted by Gasteiger charge is -2.06. The highest BCUT2D eigenvalue weighted by Crippen LogP contribution is 2.03. The molecule has 0 saturated carbocycles. The number of benzene rings is 1. The zero-order valence-corrected chi connectivity index (χ0v) is 12.9. The van der Waals surface area contributed by atoms with Crippen LogP contribution in [0.5, 0.6) is 0 Å². The van der Waals surface area contributed by atoms with Crippen molar-refractivity contribution in [1.29, 1.82) is 0 Å².